The summed E-state index contributed by atoms with van der Waals surface area (Å²) in [4.78, 5) is 5.79. The molecule has 0 saturated heterocycles. The number of hydrogen-bond acceptors (Lipinski definition) is 4. The van der Waals surface area contributed by atoms with E-state index >= 15 is 0 Å². The molecule has 0 radical (unpaired) electrons. The smallest absolute Gasteiger partial charge is 0.133 e. The highest BCUT2D eigenvalue weighted by molar-refractivity contribution is 9.10. The third-order valence-corrected chi connectivity index (χ3v) is 4.37. The minimum Gasteiger partial charge on any atom is -0.496 e. The van der Waals surface area contributed by atoms with Gasteiger partial charge < -0.3 is 4.74 Å². The van der Waals surface area contributed by atoms with Crippen LogP contribution in [0.1, 0.15) is 16.3 Å². The van der Waals surface area contributed by atoms with Gasteiger partial charge in [0.15, 0.2) is 0 Å². The molecule has 0 aliphatic carbocycles. The van der Waals surface area contributed by atoms with Gasteiger partial charge in [-0.1, -0.05) is 0 Å². The van der Waals surface area contributed by atoms with Crippen LogP contribution in [0.3, 0.4) is 0 Å². The Kier molecular flexibility index (Phi) is 4.56. The first-order chi connectivity index (χ1) is 9.15. The van der Waals surface area contributed by atoms with E-state index in [1.165, 1.54) is 4.88 Å². The fourth-order valence-electron chi connectivity index (χ4n) is 1.80. The molecule has 0 aliphatic heterocycles. The lowest BCUT2D eigenvalue weighted by Crippen LogP contribution is -1.87. The van der Waals surface area contributed by atoms with E-state index in [0.29, 0.717) is 6.42 Å². The Morgan fingerprint density at radius 2 is 2.26 bits per heavy atom. The first-order valence-corrected chi connectivity index (χ1v) is 7.44. The molecule has 2 rings (SSSR count). The molecule has 1 heterocycles. The fraction of sp³-hybridized carbons (Fsp3) is 0.286. The first kappa shape index (κ1) is 14.0. The van der Waals surface area contributed by atoms with Gasteiger partial charge in [0.25, 0.3) is 0 Å². The van der Waals surface area contributed by atoms with Gasteiger partial charge in [-0.15, -0.1) is 11.3 Å². The zero-order chi connectivity index (χ0) is 13.8. The standard InChI is InChI=1S/C14H13BrN2OS/c1-9-14(17-13(19-9)4-3-7-16)10-5-6-12(18-2)11(15)8-10/h5-6,8H,3-4H2,1-2H3. The van der Waals surface area contributed by atoms with Crippen LogP contribution < -0.4 is 4.74 Å². The second-order valence-electron chi connectivity index (χ2n) is 4.02. The molecule has 0 bridgehead atoms. The summed E-state index contributed by atoms with van der Waals surface area (Å²) < 4.78 is 6.14. The highest BCUT2D eigenvalue weighted by atomic mass is 79.9. The molecule has 0 fully saturated rings. The summed E-state index contributed by atoms with van der Waals surface area (Å²) >= 11 is 5.14. The third kappa shape index (κ3) is 3.14. The van der Waals surface area contributed by atoms with Crippen molar-refractivity contribution in [2.45, 2.75) is 19.8 Å². The summed E-state index contributed by atoms with van der Waals surface area (Å²) in [7, 11) is 1.65. The van der Waals surface area contributed by atoms with Crippen LogP contribution in [0.15, 0.2) is 22.7 Å². The van der Waals surface area contributed by atoms with Crippen molar-refractivity contribution < 1.29 is 4.74 Å². The molecular weight excluding hydrogens is 324 g/mol. The number of benzene rings is 1. The Balaban J connectivity index is 2.34. The lowest BCUT2D eigenvalue weighted by Gasteiger charge is -2.05. The van der Waals surface area contributed by atoms with Crippen molar-refractivity contribution in [3.05, 3.63) is 32.6 Å². The minimum absolute atomic E-state index is 0.513. The average Bonchev–Trinajstić information content (AvgIpc) is 2.77. The van der Waals surface area contributed by atoms with Crippen LogP contribution in [-0.4, -0.2) is 12.1 Å². The monoisotopic (exact) mass is 336 g/mol. The number of thiazole rings is 1. The molecule has 0 spiro atoms. The lowest BCUT2D eigenvalue weighted by molar-refractivity contribution is 0.412. The van der Waals surface area contributed by atoms with Crippen molar-refractivity contribution in [1.29, 1.82) is 5.26 Å². The van der Waals surface area contributed by atoms with Crippen molar-refractivity contribution in [2.24, 2.45) is 0 Å². The number of rotatable bonds is 4. The normalized spacial score (nSPS) is 10.2. The molecule has 2 aromatic rings. The van der Waals surface area contributed by atoms with E-state index in [9.17, 15) is 0 Å². The maximum Gasteiger partial charge on any atom is 0.133 e. The second-order valence-corrected chi connectivity index (χ2v) is 6.16. The molecule has 0 aliphatic rings. The van der Waals surface area contributed by atoms with E-state index in [1.54, 1.807) is 18.4 Å². The van der Waals surface area contributed by atoms with Gasteiger partial charge in [0.05, 0.1) is 28.4 Å². The molecule has 19 heavy (non-hydrogen) atoms. The summed E-state index contributed by atoms with van der Waals surface area (Å²) in [6.45, 7) is 2.06. The topological polar surface area (TPSA) is 45.9 Å². The van der Waals surface area contributed by atoms with Crippen molar-refractivity contribution in [3.8, 4) is 23.1 Å². The minimum atomic E-state index is 0.513. The molecule has 5 heteroatoms. The zero-order valence-electron chi connectivity index (χ0n) is 10.7. The molecule has 0 N–H and O–H groups in total. The number of methoxy groups -OCH3 is 1. The first-order valence-electron chi connectivity index (χ1n) is 5.83. The average molecular weight is 337 g/mol. The quantitative estimate of drug-likeness (QED) is 0.833. The van der Waals surface area contributed by atoms with Gasteiger partial charge in [0.1, 0.15) is 5.75 Å². The van der Waals surface area contributed by atoms with E-state index in [1.807, 2.05) is 18.2 Å². The number of nitrogens with zero attached hydrogens (tertiary/aromatic N) is 2. The summed E-state index contributed by atoms with van der Waals surface area (Å²) in [5.41, 5.74) is 2.05. The Hall–Kier alpha value is -1.38. The third-order valence-electron chi connectivity index (χ3n) is 2.72. The molecule has 3 nitrogen and oxygen atoms in total. The van der Waals surface area contributed by atoms with Gasteiger partial charge in [-0.3, -0.25) is 0 Å². The SMILES string of the molecule is COc1ccc(-c2nc(CCC#N)sc2C)cc1Br. The van der Waals surface area contributed by atoms with E-state index in [0.717, 1.165) is 32.9 Å². The largest absolute Gasteiger partial charge is 0.496 e. The van der Waals surface area contributed by atoms with Gasteiger partial charge in [-0.2, -0.15) is 5.26 Å². The summed E-state index contributed by atoms with van der Waals surface area (Å²) in [5.74, 6) is 0.807. The number of halogens is 1. The van der Waals surface area contributed by atoms with E-state index in [-0.39, 0.29) is 0 Å². The predicted molar refractivity (Wildman–Crippen MR) is 80.5 cm³/mol. The van der Waals surface area contributed by atoms with Crippen LogP contribution in [0.2, 0.25) is 0 Å². The maximum absolute atomic E-state index is 8.62. The number of nitriles is 1. The number of aromatic nitrogens is 1. The van der Waals surface area contributed by atoms with Gasteiger partial charge in [0, 0.05) is 23.3 Å². The van der Waals surface area contributed by atoms with Crippen LogP contribution in [0.5, 0.6) is 5.75 Å². The molecule has 98 valence electrons. The van der Waals surface area contributed by atoms with Gasteiger partial charge in [0.2, 0.25) is 0 Å². The number of hydrogen-bond donors (Lipinski definition) is 0. The fourth-order valence-corrected chi connectivity index (χ4v) is 3.30. The van der Waals surface area contributed by atoms with E-state index < -0.39 is 0 Å². The molecule has 0 saturated carbocycles. The van der Waals surface area contributed by atoms with Crippen molar-refractivity contribution >= 4 is 27.3 Å². The summed E-state index contributed by atoms with van der Waals surface area (Å²) in [6.07, 6.45) is 1.23. The maximum atomic E-state index is 8.62. The molecule has 1 aromatic heterocycles. The molecule has 0 unspecified atom stereocenters. The van der Waals surface area contributed by atoms with Gasteiger partial charge >= 0.3 is 0 Å². The second kappa shape index (κ2) is 6.18. The molecule has 1 aromatic carbocycles. The molecular formula is C14H13BrN2OS. The van der Waals surface area contributed by atoms with Crippen LogP contribution in [0.25, 0.3) is 11.3 Å². The Morgan fingerprint density at radius 1 is 1.47 bits per heavy atom. The number of ether oxygens (including phenoxy) is 1. The Morgan fingerprint density at radius 3 is 2.89 bits per heavy atom. The van der Waals surface area contributed by atoms with Gasteiger partial charge in [-0.25, -0.2) is 4.98 Å². The highest BCUT2D eigenvalue weighted by Crippen LogP contribution is 2.33. The summed E-state index contributed by atoms with van der Waals surface area (Å²) in [6, 6.07) is 8.08. The van der Waals surface area contributed by atoms with Crippen molar-refractivity contribution in [2.75, 3.05) is 7.11 Å². The summed E-state index contributed by atoms with van der Waals surface area (Å²) in [5, 5.41) is 9.64. The highest BCUT2D eigenvalue weighted by Gasteiger charge is 2.11. The van der Waals surface area contributed by atoms with Crippen LogP contribution in [0.4, 0.5) is 0 Å². The molecule has 0 atom stereocenters. The van der Waals surface area contributed by atoms with E-state index in [4.69, 9.17) is 10.00 Å². The predicted octanol–water partition coefficient (Wildman–Crippen LogP) is 4.35. The van der Waals surface area contributed by atoms with Crippen molar-refractivity contribution in [1.82, 2.24) is 4.98 Å². The Labute approximate surface area is 125 Å². The van der Waals surface area contributed by atoms with Gasteiger partial charge in [-0.05, 0) is 41.1 Å². The zero-order valence-corrected chi connectivity index (χ0v) is 13.1. The lowest BCUT2D eigenvalue weighted by atomic mass is 10.1. The molecule has 0 amide bonds. The van der Waals surface area contributed by atoms with Crippen molar-refractivity contribution in [3.63, 3.8) is 0 Å². The Bertz CT molecular complexity index is 631. The number of aryl methyl sites for hydroxylation is 2. The van der Waals surface area contributed by atoms with Crippen LogP contribution >= 0.6 is 27.3 Å². The van der Waals surface area contributed by atoms with E-state index in [2.05, 4.69) is 33.9 Å². The van der Waals surface area contributed by atoms with Crippen LogP contribution in [0, 0.1) is 18.3 Å². The van der Waals surface area contributed by atoms with Crippen LogP contribution in [-0.2, 0) is 6.42 Å².